The highest BCUT2D eigenvalue weighted by Crippen LogP contribution is 1.96. The second-order valence-electron chi connectivity index (χ2n) is 3.10. The van der Waals surface area contributed by atoms with Crippen molar-refractivity contribution in [3.63, 3.8) is 0 Å². The highest BCUT2D eigenvalue weighted by Gasteiger charge is 2.07. The van der Waals surface area contributed by atoms with Crippen molar-refractivity contribution >= 4 is 22.8 Å². The maximum absolute atomic E-state index is 10.9. The lowest BCUT2D eigenvalue weighted by molar-refractivity contribution is -0.135. The molecular weight excluding hydrogens is 220 g/mol. The monoisotopic (exact) mass is 236 g/mol. The van der Waals surface area contributed by atoms with Crippen LogP contribution in [-0.4, -0.2) is 45.9 Å². The average molecular weight is 236 g/mol. The van der Waals surface area contributed by atoms with Gasteiger partial charge in [-0.1, -0.05) is 6.92 Å². The minimum absolute atomic E-state index is 0.0183. The first kappa shape index (κ1) is 13.9. The number of urea groups is 1. The first-order valence-corrected chi connectivity index (χ1v) is 6.11. The molecule has 15 heavy (non-hydrogen) atoms. The number of rotatable bonds is 6. The molecule has 0 aromatic heterocycles. The van der Waals surface area contributed by atoms with E-state index in [1.54, 1.807) is 6.26 Å². The smallest absolute Gasteiger partial charge is 0.323 e. The van der Waals surface area contributed by atoms with E-state index in [1.807, 2.05) is 6.92 Å². The molecule has 0 aliphatic heterocycles. The molecule has 0 aromatic carbocycles. The maximum atomic E-state index is 10.9. The highest BCUT2D eigenvalue weighted by atomic mass is 32.2. The summed E-state index contributed by atoms with van der Waals surface area (Å²) in [6.45, 7) is 1.81. The van der Waals surface area contributed by atoms with Crippen LogP contribution in [0.1, 0.15) is 13.3 Å². The predicted octanol–water partition coefficient (Wildman–Crippen LogP) is -0.473. The van der Waals surface area contributed by atoms with Crippen molar-refractivity contribution in [1.82, 2.24) is 10.6 Å². The molecule has 3 N–H and O–H groups in total. The molecule has 0 saturated heterocycles. The molecule has 0 spiro atoms. The molecule has 0 bridgehead atoms. The first-order valence-electron chi connectivity index (χ1n) is 4.49. The molecule has 0 aliphatic carbocycles. The summed E-state index contributed by atoms with van der Waals surface area (Å²) >= 11 is 0. The molecule has 0 aromatic rings. The van der Waals surface area contributed by atoms with E-state index in [9.17, 15) is 13.8 Å². The van der Waals surface area contributed by atoms with Gasteiger partial charge in [-0.25, -0.2) is 4.79 Å². The van der Waals surface area contributed by atoms with Gasteiger partial charge in [-0.2, -0.15) is 0 Å². The van der Waals surface area contributed by atoms with Crippen LogP contribution in [0.15, 0.2) is 0 Å². The fraction of sp³-hybridized carbons (Fsp3) is 0.750. The van der Waals surface area contributed by atoms with Gasteiger partial charge < -0.3 is 15.7 Å². The van der Waals surface area contributed by atoms with E-state index in [0.29, 0.717) is 13.0 Å². The van der Waals surface area contributed by atoms with Gasteiger partial charge in [-0.3, -0.25) is 9.00 Å². The summed E-state index contributed by atoms with van der Waals surface area (Å²) in [5, 5.41) is 12.9. The highest BCUT2D eigenvalue weighted by molar-refractivity contribution is 7.84. The fourth-order valence-corrected chi connectivity index (χ4v) is 1.22. The van der Waals surface area contributed by atoms with E-state index in [0.717, 1.165) is 0 Å². The number of aliphatic carboxylic acids is 1. The molecule has 7 heteroatoms. The van der Waals surface area contributed by atoms with Gasteiger partial charge in [-0.05, 0) is 6.42 Å². The van der Waals surface area contributed by atoms with E-state index in [4.69, 9.17) is 5.11 Å². The summed E-state index contributed by atoms with van der Waals surface area (Å²) in [5.41, 5.74) is 0. The van der Waals surface area contributed by atoms with Gasteiger partial charge in [0, 0.05) is 28.9 Å². The van der Waals surface area contributed by atoms with Crippen LogP contribution in [0.3, 0.4) is 0 Å². The number of hydrogen-bond acceptors (Lipinski definition) is 3. The second kappa shape index (κ2) is 7.22. The van der Waals surface area contributed by atoms with Crippen LogP contribution in [0.2, 0.25) is 0 Å². The Morgan fingerprint density at radius 1 is 1.40 bits per heavy atom. The molecule has 2 amide bonds. The third-order valence-electron chi connectivity index (χ3n) is 1.80. The molecular formula is C8H16N2O4S. The van der Waals surface area contributed by atoms with Gasteiger partial charge >= 0.3 is 12.0 Å². The van der Waals surface area contributed by atoms with Crippen molar-refractivity contribution in [2.24, 2.45) is 0 Å². The maximum Gasteiger partial charge on any atom is 0.323 e. The molecule has 0 radical (unpaired) electrons. The summed E-state index contributed by atoms with van der Waals surface area (Å²) in [7, 11) is -0.902. The Labute approximate surface area is 90.9 Å². The molecule has 0 heterocycles. The number of hydrogen-bond donors (Lipinski definition) is 3. The van der Waals surface area contributed by atoms with Gasteiger partial charge in [0.1, 0.15) is 6.54 Å². The van der Waals surface area contributed by atoms with Gasteiger partial charge in [0.25, 0.3) is 0 Å². The van der Waals surface area contributed by atoms with Crippen molar-refractivity contribution in [2.45, 2.75) is 18.6 Å². The second-order valence-corrected chi connectivity index (χ2v) is 4.90. The van der Waals surface area contributed by atoms with Gasteiger partial charge in [-0.15, -0.1) is 0 Å². The number of carboxylic acid groups (broad SMARTS) is 1. The Bertz CT molecular complexity index is 257. The number of carbonyl (C=O) groups is 2. The Morgan fingerprint density at radius 3 is 2.47 bits per heavy atom. The van der Waals surface area contributed by atoms with Crippen molar-refractivity contribution in [3.8, 4) is 0 Å². The summed E-state index contributed by atoms with van der Waals surface area (Å²) in [5.74, 6) is -1.09. The van der Waals surface area contributed by atoms with Crippen molar-refractivity contribution in [2.75, 3.05) is 19.3 Å². The van der Waals surface area contributed by atoms with E-state index >= 15 is 0 Å². The zero-order chi connectivity index (χ0) is 11.8. The topological polar surface area (TPSA) is 95.5 Å². The number of carbonyl (C=O) groups excluding carboxylic acids is 1. The molecule has 0 saturated carbocycles. The van der Waals surface area contributed by atoms with E-state index in [1.165, 1.54) is 0 Å². The lowest BCUT2D eigenvalue weighted by Gasteiger charge is -2.09. The first-order chi connectivity index (χ1) is 6.93. The van der Waals surface area contributed by atoms with Crippen molar-refractivity contribution < 1.29 is 18.9 Å². The van der Waals surface area contributed by atoms with Crippen LogP contribution >= 0.6 is 0 Å². The zero-order valence-corrected chi connectivity index (χ0v) is 9.60. The average Bonchev–Trinajstić information content (AvgIpc) is 2.14. The molecule has 2 atom stereocenters. The standard InChI is InChI=1S/C8H16N2O4S/c1-6(15(2)14)3-4-9-8(13)10-5-7(11)12/h6H,3-5H2,1-2H3,(H,11,12)(H2,9,10,13). The minimum atomic E-state index is -1.09. The van der Waals surface area contributed by atoms with Crippen LogP contribution in [0.4, 0.5) is 4.79 Å². The number of nitrogens with one attached hydrogen (secondary N) is 2. The van der Waals surface area contributed by atoms with E-state index in [-0.39, 0.29) is 5.25 Å². The van der Waals surface area contributed by atoms with Crippen LogP contribution in [-0.2, 0) is 15.6 Å². The predicted molar refractivity (Wildman–Crippen MR) is 57.2 cm³/mol. The van der Waals surface area contributed by atoms with Crippen LogP contribution in [0.25, 0.3) is 0 Å². The third-order valence-corrected chi connectivity index (χ3v) is 3.17. The Hall–Kier alpha value is -1.11. The summed E-state index contributed by atoms with van der Waals surface area (Å²) in [6.07, 6.45) is 2.21. The minimum Gasteiger partial charge on any atom is -0.480 e. The normalized spacial score (nSPS) is 14.0. The van der Waals surface area contributed by atoms with Gasteiger partial charge in [0.2, 0.25) is 0 Å². The Balaban J connectivity index is 3.55. The lowest BCUT2D eigenvalue weighted by Crippen LogP contribution is -2.39. The van der Waals surface area contributed by atoms with Gasteiger partial charge in [0.05, 0.1) is 0 Å². The quantitative estimate of drug-likeness (QED) is 0.581. The molecule has 0 aliphatic rings. The van der Waals surface area contributed by atoms with Crippen LogP contribution in [0, 0.1) is 0 Å². The third kappa shape index (κ3) is 7.92. The zero-order valence-electron chi connectivity index (χ0n) is 8.78. The molecule has 0 fully saturated rings. The fourth-order valence-electron chi connectivity index (χ4n) is 0.773. The largest absolute Gasteiger partial charge is 0.480 e. The van der Waals surface area contributed by atoms with Gasteiger partial charge in [0.15, 0.2) is 0 Å². The van der Waals surface area contributed by atoms with Crippen LogP contribution < -0.4 is 10.6 Å². The summed E-state index contributed by atoms with van der Waals surface area (Å²) in [4.78, 5) is 21.0. The Kier molecular flexibility index (Phi) is 6.68. The molecule has 2 unspecified atom stereocenters. The van der Waals surface area contributed by atoms with E-state index < -0.39 is 29.3 Å². The Morgan fingerprint density at radius 2 is 2.00 bits per heavy atom. The molecule has 88 valence electrons. The number of amides is 2. The van der Waals surface area contributed by atoms with Crippen LogP contribution in [0.5, 0.6) is 0 Å². The number of carboxylic acids is 1. The van der Waals surface area contributed by atoms with Crippen molar-refractivity contribution in [1.29, 1.82) is 0 Å². The van der Waals surface area contributed by atoms with Crippen molar-refractivity contribution in [3.05, 3.63) is 0 Å². The lowest BCUT2D eigenvalue weighted by atomic mass is 10.3. The summed E-state index contributed by atoms with van der Waals surface area (Å²) in [6, 6.07) is -0.522. The molecule has 0 rings (SSSR count). The van der Waals surface area contributed by atoms with E-state index in [2.05, 4.69) is 10.6 Å². The molecule has 6 nitrogen and oxygen atoms in total. The SMILES string of the molecule is CC(CCNC(=O)NCC(=O)O)S(C)=O. The summed E-state index contributed by atoms with van der Waals surface area (Å²) < 4.78 is 10.9.